The molecule has 5 rings (SSSR count). The number of hydrogen-bond donors (Lipinski definition) is 1. The Balaban J connectivity index is 1.64. The minimum atomic E-state index is -2.46. The van der Waals surface area contributed by atoms with Crippen molar-refractivity contribution in [3.05, 3.63) is 60.4 Å². The Labute approximate surface area is 185 Å². The molecule has 0 N–H and O–H groups in total. The first-order valence-corrected chi connectivity index (χ1v) is 12.1. The van der Waals surface area contributed by atoms with Gasteiger partial charge in [0.1, 0.15) is 10.7 Å². The van der Waals surface area contributed by atoms with E-state index in [1.165, 1.54) is 0 Å². The summed E-state index contributed by atoms with van der Waals surface area (Å²) < 4.78 is 28.8. The maximum atomic E-state index is 11.1. The van der Waals surface area contributed by atoms with Gasteiger partial charge in [0.15, 0.2) is 11.6 Å². The summed E-state index contributed by atoms with van der Waals surface area (Å²) in [5.74, 6) is 1.59. The van der Waals surface area contributed by atoms with Gasteiger partial charge in [0, 0.05) is 35.9 Å². The number of rotatable bonds is 5. The van der Waals surface area contributed by atoms with Crippen molar-refractivity contribution in [1.29, 1.82) is 0 Å². The van der Waals surface area contributed by atoms with E-state index in [1.54, 1.807) is 23.7 Å². The molecule has 0 atom stereocenters. The summed E-state index contributed by atoms with van der Waals surface area (Å²) in [7, 11) is -2.46. The Bertz CT molecular complexity index is 1290. The van der Waals surface area contributed by atoms with E-state index >= 15 is 0 Å². The molecule has 0 amide bonds. The molecule has 0 saturated carbocycles. The Morgan fingerprint density at radius 3 is 2.65 bits per heavy atom. The summed E-state index contributed by atoms with van der Waals surface area (Å²) in [4.78, 5) is 17.2. The lowest BCUT2D eigenvalue weighted by Crippen LogP contribution is -2.36. The minimum Gasteiger partial charge on any atom is -0.378 e. The van der Waals surface area contributed by atoms with Crippen LogP contribution in [0.15, 0.2) is 54.9 Å². The lowest BCUT2D eigenvalue weighted by atomic mass is 10.1. The highest BCUT2D eigenvalue weighted by molar-refractivity contribution is 7.71. The lowest BCUT2D eigenvalue weighted by molar-refractivity contribution is 0.122. The molecule has 0 bridgehead atoms. The van der Waals surface area contributed by atoms with Gasteiger partial charge in [0.25, 0.3) is 0 Å². The first-order valence-electron chi connectivity index (χ1n) is 9.93. The smallest absolute Gasteiger partial charge is 0.163 e. The topological polar surface area (TPSA) is 85.3 Å². The highest BCUT2D eigenvalue weighted by atomic mass is 32.2. The fourth-order valence-electron chi connectivity index (χ4n) is 3.64. The molecule has 1 fully saturated rings. The highest BCUT2D eigenvalue weighted by Gasteiger charge is 2.20. The SMILES string of the molecule is O=[SH](=O)Cc1cccc(-c2cc3nc(-c4cccnc4)nc(N4CCOCC4)c3s2)c1. The zero-order valence-electron chi connectivity index (χ0n) is 16.6. The number of morpholine rings is 1. The number of fused-ring (bicyclic) bond motifs is 1. The number of ether oxygens (including phenoxy) is 1. The second-order valence-corrected chi connectivity index (χ2v) is 9.26. The average Bonchev–Trinajstić information content (AvgIpc) is 3.24. The molecule has 1 aliphatic rings. The average molecular weight is 453 g/mol. The Morgan fingerprint density at radius 2 is 1.87 bits per heavy atom. The van der Waals surface area contributed by atoms with E-state index in [-0.39, 0.29) is 5.75 Å². The fraction of sp³-hybridized carbons (Fsp3) is 0.227. The number of thiophene rings is 1. The van der Waals surface area contributed by atoms with Gasteiger partial charge < -0.3 is 9.64 Å². The molecular weight excluding hydrogens is 432 g/mol. The zero-order chi connectivity index (χ0) is 21.2. The van der Waals surface area contributed by atoms with Crippen molar-refractivity contribution in [2.45, 2.75) is 5.75 Å². The molecule has 4 aromatic rings. The predicted molar refractivity (Wildman–Crippen MR) is 123 cm³/mol. The summed E-state index contributed by atoms with van der Waals surface area (Å²) in [6.45, 7) is 2.89. The van der Waals surface area contributed by atoms with Crippen molar-refractivity contribution >= 4 is 38.1 Å². The van der Waals surface area contributed by atoms with E-state index in [9.17, 15) is 8.42 Å². The van der Waals surface area contributed by atoms with Crippen molar-refractivity contribution in [3.8, 4) is 21.8 Å². The minimum absolute atomic E-state index is 0.0397. The van der Waals surface area contributed by atoms with E-state index < -0.39 is 10.7 Å². The number of nitrogens with zero attached hydrogens (tertiary/aromatic N) is 4. The molecule has 1 aliphatic heterocycles. The van der Waals surface area contributed by atoms with Gasteiger partial charge in [-0.15, -0.1) is 11.3 Å². The van der Waals surface area contributed by atoms with Gasteiger partial charge in [-0.3, -0.25) is 4.98 Å². The summed E-state index contributed by atoms with van der Waals surface area (Å²) in [5, 5.41) is 0. The van der Waals surface area contributed by atoms with Gasteiger partial charge in [0.05, 0.1) is 29.2 Å². The second-order valence-electron chi connectivity index (χ2n) is 7.23. The molecule has 7 nitrogen and oxygen atoms in total. The van der Waals surface area contributed by atoms with E-state index in [4.69, 9.17) is 14.7 Å². The van der Waals surface area contributed by atoms with Crippen LogP contribution < -0.4 is 4.90 Å². The predicted octanol–water partition coefficient (Wildman–Crippen LogP) is 3.37. The molecule has 0 spiro atoms. The van der Waals surface area contributed by atoms with Gasteiger partial charge in [-0.05, 0) is 35.4 Å². The van der Waals surface area contributed by atoms with Crippen LogP contribution in [-0.4, -0.2) is 49.7 Å². The van der Waals surface area contributed by atoms with E-state index in [1.807, 2.05) is 36.4 Å². The number of hydrogen-bond acceptors (Lipinski definition) is 8. The summed E-state index contributed by atoms with van der Waals surface area (Å²) >= 11 is 1.63. The maximum Gasteiger partial charge on any atom is 0.163 e. The van der Waals surface area contributed by atoms with Gasteiger partial charge in [-0.1, -0.05) is 18.2 Å². The monoisotopic (exact) mass is 452 g/mol. The molecule has 3 aromatic heterocycles. The molecule has 1 aromatic carbocycles. The quantitative estimate of drug-likeness (QED) is 0.465. The van der Waals surface area contributed by atoms with Gasteiger partial charge in [-0.25, -0.2) is 18.4 Å². The Kier molecular flexibility index (Phi) is 5.63. The van der Waals surface area contributed by atoms with E-state index in [2.05, 4.69) is 16.0 Å². The number of aromatic nitrogens is 3. The first-order chi connectivity index (χ1) is 15.2. The molecule has 0 unspecified atom stereocenters. The Hall–Kier alpha value is -2.88. The molecule has 0 radical (unpaired) electrons. The maximum absolute atomic E-state index is 11.1. The van der Waals surface area contributed by atoms with Crippen molar-refractivity contribution in [1.82, 2.24) is 15.0 Å². The normalized spacial score (nSPS) is 14.4. The molecule has 4 heterocycles. The van der Waals surface area contributed by atoms with Gasteiger partial charge >= 0.3 is 0 Å². The number of anilines is 1. The van der Waals surface area contributed by atoms with Gasteiger partial charge in [-0.2, -0.15) is 0 Å². The third-order valence-corrected chi connectivity index (χ3v) is 6.90. The van der Waals surface area contributed by atoms with Crippen LogP contribution in [0.3, 0.4) is 0 Å². The van der Waals surface area contributed by atoms with Crippen LogP contribution >= 0.6 is 11.3 Å². The molecule has 31 heavy (non-hydrogen) atoms. The number of benzene rings is 1. The van der Waals surface area contributed by atoms with Crippen molar-refractivity contribution in [2.75, 3.05) is 31.2 Å². The second kappa shape index (κ2) is 8.70. The van der Waals surface area contributed by atoms with Crippen LogP contribution in [0.4, 0.5) is 5.82 Å². The van der Waals surface area contributed by atoms with Crippen LogP contribution in [0.25, 0.3) is 32.0 Å². The first kappa shape index (κ1) is 20.0. The van der Waals surface area contributed by atoms with Crippen LogP contribution in [0.1, 0.15) is 5.56 Å². The van der Waals surface area contributed by atoms with Crippen molar-refractivity contribution < 1.29 is 13.2 Å². The molecular formula is C22H20N4O3S2. The number of thiol groups is 1. The summed E-state index contributed by atoms with van der Waals surface area (Å²) in [5.41, 5.74) is 3.50. The summed E-state index contributed by atoms with van der Waals surface area (Å²) in [6, 6.07) is 13.5. The highest BCUT2D eigenvalue weighted by Crippen LogP contribution is 2.39. The lowest BCUT2D eigenvalue weighted by Gasteiger charge is -2.28. The number of pyridine rings is 1. The zero-order valence-corrected chi connectivity index (χ0v) is 18.3. The third kappa shape index (κ3) is 4.30. The fourth-order valence-corrected chi connectivity index (χ4v) is 5.25. The van der Waals surface area contributed by atoms with E-state index in [0.717, 1.165) is 50.7 Å². The standard InChI is InChI=1S/C22H20N4O3S2/c27-31(28)14-15-3-1-4-16(11-15)19-12-18-20(30-19)22(26-7-9-29-10-8-26)25-21(24-18)17-5-2-6-23-13-17/h1-6,11-13,31H,7-10,14H2. The van der Waals surface area contributed by atoms with Crippen molar-refractivity contribution in [3.63, 3.8) is 0 Å². The van der Waals surface area contributed by atoms with Crippen LogP contribution in [0.5, 0.6) is 0 Å². The third-order valence-electron chi connectivity index (χ3n) is 5.11. The van der Waals surface area contributed by atoms with Crippen LogP contribution in [0.2, 0.25) is 0 Å². The van der Waals surface area contributed by atoms with Crippen molar-refractivity contribution in [2.24, 2.45) is 0 Å². The molecule has 158 valence electrons. The molecule has 0 aliphatic carbocycles. The van der Waals surface area contributed by atoms with Crippen LogP contribution in [-0.2, 0) is 21.2 Å². The van der Waals surface area contributed by atoms with E-state index in [0.29, 0.717) is 19.0 Å². The van der Waals surface area contributed by atoms with Gasteiger partial charge in [0.2, 0.25) is 0 Å². The summed E-state index contributed by atoms with van der Waals surface area (Å²) in [6.07, 6.45) is 3.50. The van der Waals surface area contributed by atoms with Crippen LogP contribution in [0, 0.1) is 0 Å². The largest absolute Gasteiger partial charge is 0.378 e. The molecule has 9 heteroatoms. The molecule has 1 saturated heterocycles. The Morgan fingerprint density at radius 1 is 1.03 bits per heavy atom.